The van der Waals surface area contributed by atoms with E-state index in [1.165, 1.54) is 12.1 Å². The van der Waals surface area contributed by atoms with Crippen LogP contribution in [-0.2, 0) is 21.1 Å². The van der Waals surface area contributed by atoms with Gasteiger partial charge in [-0.1, -0.05) is 41.4 Å². The van der Waals surface area contributed by atoms with Crippen LogP contribution < -0.4 is 5.32 Å². The number of para-hydroxylation sites is 1. The van der Waals surface area contributed by atoms with Gasteiger partial charge < -0.3 is 5.32 Å². The molecule has 7 heteroatoms. The van der Waals surface area contributed by atoms with Gasteiger partial charge in [0, 0.05) is 16.3 Å². The van der Waals surface area contributed by atoms with Crippen molar-refractivity contribution in [3.63, 3.8) is 0 Å². The first-order chi connectivity index (χ1) is 10.3. The molecule has 0 aliphatic rings. The average Bonchev–Trinajstić information content (AvgIpc) is 2.41. The minimum atomic E-state index is -3.42. The minimum Gasteiger partial charge on any atom is -0.325 e. The highest BCUT2D eigenvalue weighted by molar-refractivity contribution is 7.90. The fourth-order valence-corrected chi connectivity index (χ4v) is 3.25. The molecule has 1 N–H and O–H groups in total. The summed E-state index contributed by atoms with van der Waals surface area (Å²) in [6.45, 7) is 0. The summed E-state index contributed by atoms with van der Waals surface area (Å²) in [5, 5.41) is 3.47. The summed E-state index contributed by atoms with van der Waals surface area (Å²) >= 11 is 11.8. The lowest BCUT2D eigenvalue weighted by atomic mass is 10.1. The van der Waals surface area contributed by atoms with Crippen LogP contribution in [0.1, 0.15) is 5.56 Å². The molecule has 1 amide bonds. The summed E-state index contributed by atoms with van der Waals surface area (Å²) in [5.41, 5.74) is 0.862. The maximum Gasteiger partial charge on any atom is 0.228 e. The van der Waals surface area contributed by atoms with Gasteiger partial charge in [-0.3, -0.25) is 4.79 Å². The SMILES string of the molecule is CS(=O)(=O)c1ccccc1NC(=O)Cc1ccc(Cl)cc1Cl. The number of nitrogens with one attached hydrogen (secondary N) is 1. The van der Waals surface area contributed by atoms with E-state index in [1.54, 1.807) is 30.3 Å². The van der Waals surface area contributed by atoms with Gasteiger partial charge in [-0.2, -0.15) is 0 Å². The summed E-state index contributed by atoms with van der Waals surface area (Å²) in [6.07, 6.45) is 1.11. The van der Waals surface area contributed by atoms with E-state index in [9.17, 15) is 13.2 Å². The highest BCUT2D eigenvalue weighted by Gasteiger charge is 2.15. The Kier molecular flexibility index (Phi) is 5.11. The van der Waals surface area contributed by atoms with Gasteiger partial charge in [-0.05, 0) is 29.8 Å². The summed E-state index contributed by atoms with van der Waals surface area (Å²) in [7, 11) is -3.42. The molecule has 2 aromatic rings. The first-order valence-electron chi connectivity index (χ1n) is 6.30. The molecular weight excluding hydrogens is 345 g/mol. The molecule has 0 bridgehead atoms. The summed E-state index contributed by atoms with van der Waals surface area (Å²) < 4.78 is 23.4. The van der Waals surface area contributed by atoms with Crippen LogP contribution in [0, 0.1) is 0 Å². The zero-order valence-corrected chi connectivity index (χ0v) is 14.0. The molecule has 0 saturated carbocycles. The van der Waals surface area contributed by atoms with Gasteiger partial charge in [0.2, 0.25) is 5.91 Å². The minimum absolute atomic E-state index is 0.0219. The molecule has 2 aromatic carbocycles. The van der Waals surface area contributed by atoms with Crippen LogP contribution in [-0.4, -0.2) is 20.6 Å². The molecule has 0 unspecified atom stereocenters. The van der Waals surface area contributed by atoms with Crippen molar-refractivity contribution in [1.82, 2.24) is 0 Å². The van der Waals surface area contributed by atoms with Crippen molar-refractivity contribution < 1.29 is 13.2 Å². The lowest BCUT2D eigenvalue weighted by Crippen LogP contribution is -2.16. The van der Waals surface area contributed by atoms with Crippen LogP contribution in [0.25, 0.3) is 0 Å². The average molecular weight is 358 g/mol. The normalized spacial score (nSPS) is 11.2. The Balaban J connectivity index is 2.20. The molecule has 116 valence electrons. The first kappa shape index (κ1) is 16.8. The zero-order valence-electron chi connectivity index (χ0n) is 11.6. The number of carbonyl (C=O) groups is 1. The van der Waals surface area contributed by atoms with Gasteiger partial charge in [0.1, 0.15) is 0 Å². The van der Waals surface area contributed by atoms with Crippen molar-refractivity contribution in [2.24, 2.45) is 0 Å². The van der Waals surface area contributed by atoms with Gasteiger partial charge in [0.15, 0.2) is 9.84 Å². The molecule has 0 aliphatic heterocycles. The number of anilines is 1. The molecule has 0 atom stereocenters. The smallest absolute Gasteiger partial charge is 0.228 e. The molecule has 0 spiro atoms. The lowest BCUT2D eigenvalue weighted by Gasteiger charge is -2.10. The molecule has 4 nitrogen and oxygen atoms in total. The Morgan fingerprint density at radius 3 is 2.45 bits per heavy atom. The molecule has 0 fully saturated rings. The first-order valence-corrected chi connectivity index (χ1v) is 8.95. The Morgan fingerprint density at radius 2 is 1.82 bits per heavy atom. The van der Waals surface area contributed by atoms with Crippen LogP contribution in [0.3, 0.4) is 0 Å². The highest BCUT2D eigenvalue weighted by atomic mass is 35.5. The number of amides is 1. The van der Waals surface area contributed by atoms with Crippen molar-refractivity contribution in [3.05, 3.63) is 58.1 Å². The number of sulfone groups is 1. The van der Waals surface area contributed by atoms with Crippen molar-refractivity contribution in [3.8, 4) is 0 Å². The molecular formula is C15H13Cl2NO3S. The maximum atomic E-state index is 12.1. The largest absolute Gasteiger partial charge is 0.325 e. The Bertz CT molecular complexity index is 819. The van der Waals surface area contributed by atoms with Crippen LogP contribution in [0.15, 0.2) is 47.4 Å². The quantitative estimate of drug-likeness (QED) is 0.909. The van der Waals surface area contributed by atoms with Gasteiger partial charge >= 0.3 is 0 Å². The van der Waals surface area contributed by atoms with Crippen molar-refractivity contribution >= 4 is 44.6 Å². The summed E-state index contributed by atoms with van der Waals surface area (Å²) in [5.74, 6) is -0.361. The number of hydrogen-bond acceptors (Lipinski definition) is 3. The topological polar surface area (TPSA) is 63.2 Å². The predicted molar refractivity (Wildman–Crippen MR) is 88.3 cm³/mol. The molecule has 0 heterocycles. The number of benzene rings is 2. The highest BCUT2D eigenvalue weighted by Crippen LogP contribution is 2.23. The van der Waals surface area contributed by atoms with E-state index in [4.69, 9.17) is 23.2 Å². The third kappa shape index (κ3) is 4.22. The van der Waals surface area contributed by atoms with Crippen molar-refractivity contribution in [1.29, 1.82) is 0 Å². The number of carbonyl (C=O) groups excluding carboxylic acids is 1. The monoisotopic (exact) mass is 357 g/mol. The molecule has 2 rings (SSSR count). The van der Waals surface area contributed by atoms with Gasteiger partial charge in [0.25, 0.3) is 0 Å². The number of hydrogen-bond donors (Lipinski definition) is 1. The van der Waals surface area contributed by atoms with E-state index in [-0.39, 0.29) is 22.9 Å². The maximum absolute atomic E-state index is 12.1. The van der Waals surface area contributed by atoms with Gasteiger partial charge in [-0.15, -0.1) is 0 Å². The second-order valence-corrected chi connectivity index (χ2v) is 7.56. The number of rotatable bonds is 4. The molecule has 0 saturated heterocycles. The van der Waals surface area contributed by atoms with E-state index in [0.717, 1.165) is 6.26 Å². The second kappa shape index (κ2) is 6.69. The molecule has 22 heavy (non-hydrogen) atoms. The van der Waals surface area contributed by atoms with E-state index < -0.39 is 9.84 Å². The Morgan fingerprint density at radius 1 is 1.14 bits per heavy atom. The van der Waals surface area contributed by atoms with Crippen molar-refractivity contribution in [2.75, 3.05) is 11.6 Å². The lowest BCUT2D eigenvalue weighted by molar-refractivity contribution is -0.115. The van der Waals surface area contributed by atoms with E-state index in [2.05, 4.69) is 5.32 Å². The van der Waals surface area contributed by atoms with Crippen LogP contribution in [0.4, 0.5) is 5.69 Å². The Hall–Kier alpha value is -1.56. The van der Waals surface area contributed by atoms with E-state index >= 15 is 0 Å². The number of halogens is 2. The third-order valence-electron chi connectivity index (χ3n) is 2.93. The fourth-order valence-electron chi connectivity index (χ4n) is 1.93. The fraction of sp³-hybridized carbons (Fsp3) is 0.133. The van der Waals surface area contributed by atoms with E-state index in [0.29, 0.717) is 15.6 Å². The van der Waals surface area contributed by atoms with Crippen LogP contribution in [0.5, 0.6) is 0 Å². The molecule has 0 aliphatic carbocycles. The van der Waals surface area contributed by atoms with E-state index in [1.807, 2.05) is 0 Å². The standard InChI is InChI=1S/C15H13Cl2NO3S/c1-22(20,21)14-5-3-2-4-13(14)18-15(19)8-10-6-7-11(16)9-12(10)17/h2-7,9H,8H2,1H3,(H,18,19). The third-order valence-corrected chi connectivity index (χ3v) is 4.67. The molecule has 0 aromatic heterocycles. The predicted octanol–water partition coefficient (Wildman–Crippen LogP) is 3.58. The summed E-state index contributed by atoms with van der Waals surface area (Å²) in [4.78, 5) is 12.2. The van der Waals surface area contributed by atoms with Gasteiger partial charge in [0.05, 0.1) is 17.0 Å². The van der Waals surface area contributed by atoms with Crippen LogP contribution in [0.2, 0.25) is 10.0 Å². The van der Waals surface area contributed by atoms with Crippen molar-refractivity contribution in [2.45, 2.75) is 11.3 Å². The molecule has 0 radical (unpaired) electrons. The second-order valence-electron chi connectivity index (χ2n) is 4.73. The Labute approximate surface area is 139 Å². The van der Waals surface area contributed by atoms with Gasteiger partial charge in [-0.25, -0.2) is 8.42 Å². The summed E-state index contributed by atoms with van der Waals surface area (Å²) in [6, 6.07) is 11.1. The van der Waals surface area contributed by atoms with Crippen LogP contribution >= 0.6 is 23.2 Å². The zero-order chi connectivity index (χ0) is 16.3.